The summed E-state index contributed by atoms with van der Waals surface area (Å²) >= 11 is 0. The number of carbonyl (C=O) groups is 2. The van der Waals surface area contributed by atoms with Gasteiger partial charge in [0.2, 0.25) is 0 Å². The number of nitrogens with zero attached hydrogens (tertiary/aromatic N) is 1. The zero-order valence-electron chi connectivity index (χ0n) is 9.97. The predicted molar refractivity (Wildman–Crippen MR) is 56.2 cm³/mol. The molecule has 0 saturated heterocycles. The van der Waals surface area contributed by atoms with Gasteiger partial charge in [0.05, 0.1) is 45.0 Å². The van der Waals surface area contributed by atoms with Crippen LogP contribution in [0.25, 0.3) is 0 Å². The second kappa shape index (κ2) is 14.7. The average molecular weight is 287 g/mol. The van der Waals surface area contributed by atoms with Crippen molar-refractivity contribution < 1.29 is 49.6 Å². The molecule has 0 amide bonds. The van der Waals surface area contributed by atoms with Crippen LogP contribution in [0.5, 0.6) is 0 Å². The normalized spacial score (nSPS) is 9.89. The smallest absolute Gasteiger partial charge is 0.414 e. The summed E-state index contributed by atoms with van der Waals surface area (Å²) in [7, 11) is 0. The van der Waals surface area contributed by atoms with Gasteiger partial charge in [0.1, 0.15) is 0 Å². The van der Waals surface area contributed by atoms with Crippen molar-refractivity contribution in [2.24, 2.45) is 0 Å². The summed E-state index contributed by atoms with van der Waals surface area (Å²) in [5.41, 5.74) is 0. The zero-order chi connectivity index (χ0) is 15.1. The molecule has 0 spiro atoms. The van der Waals surface area contributed by atoms with E-state index in [-0.39, 0.29) is 39.6 Å². The summed E-state index contributed by atoms with van der Waals surface area (Å²) in [5.74, 6) is -3.65. The molecule has 0 atom stereocenters. The highest BCUT2D eigenvalue weighted by atomic mass is 17.2. The molecule has 0 saturated carbocycles. The number of carboxylic acids is 2. The fraction of sp³-hybridized carbons (Fsp3) is 0.750. The Labute approximate surface area is 108 Å². The van der Waals surface area contributed by atoms with Crippen molar-refractivity contribution in [2.75, 3.05) is 39.6 Å². The van der Waals surface area contributed by atoms with Crippen LogP contribution >= 0.6 is 0 Å². The fourth-order valence-corrected chi connectivity index (χ4v) is 0.458. The molecule has 0 rings (SSSR count). The van der Waals surface area contributed by atoms with Crippen LogP contribution in [0.1, 0.15) is 0 Å². The van der Waals surface area contributed by atoms with Crippen molar-refractivity contribution in [3.63, 3.8) is 0 Å². The summed E-state index contributed by atoms with van der Waals surface area (Å²) in [5, 5.41) is 40.7. The maximum Gasteiger partial charge on any atom is 0.414 e. The number of carboxylic acid groups (broad SMARTS) is 2. The molecule has 0 aromatic heterocycles. The molecule has 0 radical (unpaired) electrons. The molecule has 19 heavy (non-hydrogen) atoms. The van der Waals surface area contributed by atoms with Gasteiger partial charge in [-0.3, -0.25) is 0 Å². The van der Waals surface area contributed by atoms with E-state index in [1.54, 1.807) is 0 Å². The lowest BCUT2D eigenvalue weighted by molar-refractivity contribution is -0.527. The first kappa shape index (κ1) is 20.0. The molecule has 0 aliphatic carbocycles. The lowest BCUT2D eigenvalue weighted by Gasteiger charge is -2.17. The zero-order valence-corrected chi connectivity index (χ0v) is 9.97. The molecule has 0 aliphatic heterocycles. The Hall–Kier alpha value is -1.34. The second-order valence-corrected chi connectivity index (χ2v) is 2.50. The third-order valence-corrected chi connectivity index (χ3v) is 1.05. The quantitative estimate of drug-likeness (QED) is 0.220. The van der Waals surface area contributed by atoms with Crippen LogP contribution in [0.3, 0.4) is 0 Å². The molecule has 114 valence electrons. The van der Waals surface area contributed by atoms with E-state index in [0.29, 0.717) is 5.39 Å². The minimum absolute atomic E-state index is 0.0108. The molecular weight excluding hydrogens is 270 g/mol. The highest BCUT2D eigenvalue weighted by molar-refractivity contribution is 6.27. The van der Waals surface area contributed by atoms with Gasteiger partial charge < -0.3 is 25.5 Å². The molecule has 0 aromatic rings. The molecule has 0 fully saturated rings. The van der Waals surface area contributed by atoms with Gasteiger partial charge in [-0.25, -0.2) is 24.1 Å². The van der Waals surface area contributed by atoms with Gasteiger partial charge in [0.25, 0.3) is 0 Å². The molecule has 0 aliphatic rings. The third kappa shape index (κ3) is 16.7. The van der Waals surface area contributed by atoms with Gasteiger partial charge in [-0.2, -0.15) is 0 Å². The lowest BCUT2D eigenvalue weighted by atomic mass is 10.7. The van der Waals surface area contributed by atoms with Crippen LogP contribution in [0.4, 0.5) is 0 Å². The van der Waals surface area contributed by atoms with Gasteiger partial charge in [0.15, 0.2) is 0 Å². The molecular formula is C8H17NO10. The van der Waals surface area contributed by atoms with Crippen molar-refractivity contribution in [1.29, 1.82) is 0 Å². The van der Waals surface area contributed by atoms with E-state index in [0.717, 1.165) is 0 Å². The largest absolute Gasteiger partial charge is 0.473 e. The van der Waals surface area contributed by atoms with Crippen molar-refractivity contribution in [3.05, 3.63) is 0 Å². The summed E-state index contributed by atoms with van der Waals surface area (Å²) in [6.45, 7) is -0.505. The maximum absolute atomic E-state index is 9.10. The van der Waals surface area contributed by atoms with E-state index in [9.17, 15) is 0 Å². The number of aliphatic carboxylic acids is 2. The number of aliphatic hydroxyl groups excluding tert-OH is 3. The lowest BCUT2D eigenvalue weighted by Crippen LogP contribution is -2.28. The summed E-state index contributed by atoms with van der Waals surface area (Å²) in [6, 6.07) is 0. The van der Waals surface area contributed by atoms with E-state index in [2.05, 4.69) is 0 Å². The Kier molecular flexibility index (Phi) is 15.5. The van der Waals surface area contributed by atoms with E-state index in [4.69, 9.17) is 49.6 Å². The predicted octanol–water partition coefficient (Wildman–Crippen LogP) is -2.78. The van der Waals surface area contributed by atoms with Crippen molar-refractivity contribution in [3.8, 4) is 0 Å². The van der Waals surface area contributed by atoms with Crippen molar-refractivity contribution in [2.45, 2.75) is 0 Å². The highest BCUT2D eigenvalue weighted by Crippen LogP contribution is 1.93. The Morgan fingerprint density at radius 1 is 0.737 bits per heavy atom. The van der Waals surface area contributed by atoms with Crippen LogP contribution in [-0.2, 0) is 24.1 Å². The van der Waals surface area contributed by atoms with Crippen LogP contribution in [0, 0.1) is 0 Å². The second-order valence-electron chi connectivity index (χ2n) is 2.50. The first-order valence-corrected chi connectivity index (χ1v) is 4.97. The van der Waals surface area contributed by atoms with E-state index in [1.807, 2.05) is 0 Å². The Morgan fingerprint density at radius 3 is 1.16 bits per heavy atom. The van der Waals surface area contributed by atoms with Crippen molar-refractivity contribution in [1.82, 2.24) is 5.39 Å². The Bertz CT molecular complexity index is 205. The van der Waals surface area contributed by atoms with Crippen LogP contribution in [-0.4, -0.2) is 82.5 Å². The first-order valence-electron chi connectivity index (χ1n) is 4.97. The summed E-state index contributed by atoms with van der Waals surface area (Å²) in [6.07, 6.45) is 0. The fourth-order valence-electron chi connectivity index (χ4n) is 0.458. The van der Waals surface area contributed by atoms with Gasteiger partial charge in [-0.05, 0) is 0 Å². The minimum Gasteiger partial charge on any atom is -0.473 e. The number of hydrogen-bond acceptors (Lipinski definition) is 9. The molecule has 11 nitrogen and oxygen atoms in total. The molecule has 0 bridgehead atoms. The first-order chi connectivity index (χ1) is 8.99. The molecule has 11 heteroatoms. The standard InChI is InChI=1S/C6H15NO6.C2H2O4/c8-1-4-11-7(12-5-2-9)13-6-3-10;3-1(4)2(5)6/h8-10H,1-6H2;(H,3,4)(H,5,6). The minimum atomic E-state index is -1.82. The monoisotopic (exact) mass is 287 g/mol. The SMILES string of the molecule is O=C(O)C(=O)O.OCCON(OCCO)OCCO. The van der Waals surface area contributed by atoms with Crippen LogP contribution < -0.4 is 0 Å². The number of aliphatic hydroxyl groups is 3. The van der Waals surface area contributed by atoms with E-state index in [1.165, 1.54) is 0 Å². The van der Waals surface area contributed by atoms with Gasteiger partial charge in [-0.1, -0.05) is 0 Å². The molecule has 0 heterocycles. The Balaban J connectivity index is 0. The van der Waals surface area contributed by atoms with Crippen molar-refractivity contribution >= 4 is 11.9 Å². The van der Waals surface area contributed by atoms with Crippen LogP contribution in [0.15, 0.2) is 0 Å². The van der Waals surface area contributed by atoms with E-state index >= 15 is 0 Å². The molecule has 0 aromatic carbocycles. The van der Waals surface area contributed by atoms with Gasteiger partial charge in [-0.15, -0.1) is 0 Å². The Morgan fingerprint density at radius 2 is 1.00 bits per heavy atom. The van der Waals surface area contributed by atoms with E-state index < -0.39 is 11.9 Å². The molecule has 0 unspecified atom stereocenters. The topological polar surface area (TPSA) is 166 Å². The number of hydrogen-bond donors (Lipinski definition) is 5. The van der Waals surface area contributed by atoms with Gasteiger partial charge >= 0.3 is 11.9 Å². The summed E-state index contributed by atoms with van der Waals surface area (Å²) in [4.78, 5) is 32.3. The number of rotatable bonds is 9. The third-order valence-electron chi connectivity index (χ3n) is 1.05. The summed E-state index contributed by atoms with van der Waals surface area (Å²) < 4.78 is 0. The highest BCUT2D eigenvalue weighted by Gasteiger charge is 2.05. The van der Waals surface area contributed by atoms with Crippen LogP contribution in [0.2, 0.25) is 0 Å². The average Bonchev–Trinajstić information content (AvgIpc) is 2.38. The maximum atomic E-state index is 9.10. The van der Waals surface area contributed by atoms with Gasteiger partial charge in [0, 0.05) is 0 Å². The molecule has 5 N–H and O–H groups in total.